The van der Waals surface area contributed by atoms with E-state index in [-0.39, 0.29) is 5.09 Å². The van der Waals surface area contributed by atoms with Crippen LogP contribution < -0.4 is 5.32 Å². The summed E-state index contributed by atoms with van der Waals surface area (Å²) in [6, 6.07) is 10.8. The predicted molar refractivity (Wildman–Crippen MR) is 81.0 cm³/mol. The fourth-order valence-electron chi connectivity index (χ4n) is 1.56. The van der Waals surface area contributed by atoms with Crippen molar-refractivity contribution >= 4 is 31.6 Å². The van der Waals surface area contributed by atoms with E-state index in [2.05, 4.69) is 21.2 Å². The Balaban J connectivity index is 2.10. The Morgan fingerprint density at radius 2 is 1.90 bits per heavy atom. The first kappa shape index (κ1) is 15.1. The molecule has 1 heterocycles. The van der Waals surface area contributed by atoms with Gasteiger partial charge in [-0.15, -0.1) is 0 Å². The van der Waals surface area contributed by atoms with Crippen LogP contribution in [0.5, 0.6) is 0 Å². The molecule has 5 nitrogen and oxygen atoms in total. The molecule has 108 valence electrons. The maximum atomic E-state index is 11.9. The Labute approximate surface area is 126 Å². The average Bonchev–Trinajstić information content (AvgIpc) is 2.87. The van der Waals surface area contributed by atoms with Crippen molar-refractivity contribution in [3.8, 4) is 0 Å². The van der Waals surface area contributed by atoms with Crippen LogP contribution in [0.15, 0.2) is 50.4 Å². The molecule has 0 saturated heterocycles. The summed E-state index contributed by atoms with van der Waals surface area (Å²) in [6.45, 7) is 0.408. The quantitative estimate of drug-likeness (QED) is 0.892. The molecule has 20 heavy (non-hydrogen) atoms. The van der Waals surface area contributed by atoms with Crippen molar-refractivity contribution in [3.05, 3.63) is 46.6 Å². The van der Waals surface area contributed by atoms with Crippen molar-refractivity contribution in [1.82, 2.24) is 4.31 Å². The van der Waals surface area contributed by atoms with Gasteiger partial charge in [-0.05, 0) is 40.2 Å². The molecule has 0 saturated carbocycles. The van der Waals surface area contributed by atoms with Crippen molar-refractivity contribution in [3.63, 3.8) is 0 Å². The van der Waals surface area contributed by atoms with Gasteiger partial charge in [0.05, 0.1) is 6.54 Å². The first-order chi connectivity index (χ1) is 9.41. The molecule has 0 atom stereocenters. The predicted octanol–water partition coefficient (Wildman–Crippen LogP) is 2.90. The fourth-order valence-corrected chi connectivity index (χ4v) is 2.80. The van der Waals surface area contributed by atoms with Crippen LogP contribution in [0.1, 0.15) is 5.76 Å². The number of nitrogens with one attached hydrogen (secondary N) is 1. The Kier molecular flexibility index (Phi) is 4.52. The molecule has 0 radical (unpaired) electrons. The van der Waals surface area contributed by atoms with Crippen LogP contribution in [0, 0.1) is 0 Å². The highest BCUT2D eigenvalue weighted by molar-refractivity contribution is 9.10. The van der Waals surface area contributed by atoms with Gasteiger partial charge < -0.3 is 9.73 Å². The van der Waals surface area contributed by atoms with E-state index in [9.17, 15) is 8.42 Å². The Morgan fingerprint density at radius 3 is 2.55 bits per heavy atom. The van der Waals surface area contributed by atoms with E-state index in [1.807, 2.05) is 24.3 Å². The number of para-hydroxylation sites is 1. The lowest BCUT2D eigenvalue weighted by molar-refractivity contribution is 0.402. The topological polar surface area (TPSA) is 62.6 Å². The van der Waals surface area contributed by atoms with Gasteiger partial charge in [-0.3, -0.25) is 0 Å². The molecule has 0 aliphatic heterocycles. The van der Waals surface area contributed by atoms with Crippen LogP contribution in [0.4, 0.5) is 5.69 Å². The summed E-state index contributed by atoms with van der Waals surface area (Å²) in [5, 5.41) is 3.12. The van der Waals surface area contributed by atoms with Crippen molar-refractivity contribution in [2.75, 3.05) is 19.4 Å². The molecule has 0 amide bonds. The maximum absolute atomic E-state index is 11.9. The van der Waals surface area contributed by atoms with Crippen LogP contribution in [0.25, 0.3) is 0 Å². The van der Waals surface area contributed by atoms with Crippen molar-refractivity contribution in [2.45, 2.75) is 11.6 Å². The number of rotatable bonds is 5. The molecule has 0 unspecified atom stereocenters. The molecule has 2 aromatic rings. The normalized spacial score (nSPS) is 11.8. The molecule has 7 heteroatoms. The summed E-state index contributed by atoms with van der Waals surface area (Å²) in [6.07, 6.45) is 0. The lowest BCUT2D eigenvalue weighted by Crippen LogP contribution is -2.21. The van der Waals surface area contributed by atoms with E-state index < -0.39 is 10.0 Å². The molecule has 0 fully saturated rings. The van der Waals surface area contributed by atoms with Crippen LogP contribution in [0.3, 0.4) is 0 Å². The van der Waals surface area contributed by atoms with Crippen LogP contribution in [0.2, 0.25) is 0 Å². The third-order valence-electron chi connectivity index (χ3n) is 2.70. The second-order valence-corrected chi connectivity index (χ2v) is 7.28. The molecule has 0 aliphatic carbocycles. The molecular formula is C13H15BrN2O3S. The number of hydrogen-bond donors (Lipinski definition) is 1. The monoisotopic (exact) mass is 358 g/mol. The van der Waals surface area contributed by atoms with Crippen LogP contribution in [-0.4, -0.2) is 26.8 Å². The molecule has 1 N–H and O–H groups in total. The van der Waals surface area contributed by atoms with E-state index in [1.165, 1.54) is 20.2 Å². The standard InChI is InChI=1S/C13H15BrN2O3S/c1-16(2)20(17,18)13-8-7-10(19-13)9-15-12-6-4-3-5-11(12)14/h3-8,15H,9H2,1-2H3. The highest BCUT2D eigenvalue weighted by Gasteiger charge is 2.21. The van der Waals surface area contributed by atoms with Crippen molar-refractivity contribution in [1.29, 1.82) is 0 Å². The molecule has 1 aromatic carbocycles. The number of anilines is 1. The van der Waals surface area contributed by atoms with Gasteiger partial charge in [-0.25, -0.2) is 12.7 Å². The average molecular weight is 359 g/mol. The van der Waals surface area contributed by atoms with E-state index in [0.717, 1.165) is 14.5 Å². The maximum Gasteiger partial charge on any atom is 0.275 e. The third kappa shape index (κ3) is 3.23. The zero-order valence-corrected chi connectivity index (χ0v) is 13.5. The van der Waals surface area contributed by atoms with Gasteiger partial charge in [-0.1, -0.05) is 12.1 Å². The molecular weight excluding hydrogens is 344 g/mol. The van der Waals surface area contributed by atoms with E-state index in [4.69, 9.17) is 4.42 Å². The van der Waals surface area contributed by atoms with Gasteiger partial charge >= 0.3 is 0 Å². The zero-order chi connectivity index (χ0) is 14.8. The minimum absolute atomic E-state index is 0.0496. The number of halogens is 1. The van der Waals surface area contributed by atoms with Crippen LogP contribution in [-0.2, 0) is 16.6 Å². The minimum Gasteiger partial charge on any atom is -0.446 e. The van der Waals surface area contributed by atoms with Gasteiger partial charge in [-0.2, -0.15) is 0 Å². The van der Waals surface area contributed by atoms with Crippen LogP contribution >= 0.6 is 15.9 Å². The van der Waals surface area contributed by atoms with Gasteiger partial charge in [0, 0.05) is 24.3 Å². The van der Waals surface area contributed by atoms with Crippen molar-refractivity contribution < 1.29 is 12.8 Å². The Hall–Kier alpha value is -1.31. The smallest absolute Gasteiger partial charge is 0.275 e. The lowest BCUT2D eigenvalue weighted by atomic mass is 10.3. The highest BCUT2D eigenvalue weighted by Crippen LogP contribution is 2.23. The van der Waals surface area contributed by atoms with Crippen molar-refractivity contribution in [2.24, 2.45) is 0 Å². The zero-order valence-electron chi connectivity index (χ0n) is 11.1. The minimum atomic E-state index is -3.52. The number of sulfonamides is 1. The second kappa shape index (κ2) is 5.99. The number of furan rings is 1. The molecule has 0 spiro atoms. The number of nitrogens with zero attached hydrogens (tertiary/aromatic N) is 1. The van der Waals surface area contributed by atoms with Gasteiger partial charge in [0.1, 0.15) is 5.76 Å². The summed E-state index contributed by atoms with van der Waals surface area (Å²) in [7, 11) is -0.579. The SMILES string of the molecule is CN(C)S(=O)(=O)c1ccc(CNc2ccccc2Br)o1. The fraction of sp³-hybridized carbons (Fsp3) is 0.231. The summed E-state index contributed by atoms with van der Waals surface area (Å²) in [5.74, 6) is 0.557. The first-order valence-corrected chi connectivity index (χ1v) is 8.14. The Bertz CT molecular complexity index is 695. The number of hydrogen-bond acceptors (Lipinski definition) is 4. The summed E-state index contributed by atoms with van der Waals surface area (Å²) >= 11 is 3.43. The summed E-state index contributed by atoms with van der Waals surface area (Å²) in [5.41, 5.74) is 0.918. The first-order valence-electron chi connectivity index (χ1n) is 5.91. The molecule has 1 aromatic heterocycles. The van der Waals surface area contributed by atoms with Gasteiger partial charge in [0.15, 0.2) is 0 Å². The summed E-state index contributed by atoms with van der Waals surface area (Å²) < 4.78 is 31.2. The van der Waals surface area contributed by atoms with E-state index in [1.54, 1.807) is 6.07 Å². The largest absolute Gasteiger partial charge is 0.446 e. The summed E-state index contributed by atoms with van der Waals surface area (Å²) in [4.78, 5) is 0. The molecule has 2 rings (SSSR count). The van der Waals surface area contributed by atoms with Gasteiger partial charge in [0.2, 0.25) is 5.09 Å². The van der Waals surface area contributed by atoms with E-state index in [0.29, 0.717) is 12.3 Å². The third-order valence-corrected chi connectivity index (χ3v) is 5.08. The number of benzene rings is 1. The molecule has 0 bridgehead atoms. The van der Waals surface area contributed by atoms with E-state index >= 15 is 0 Å². The Morgan fingerprint density at radius 1 is 1.20 bits per heavy atom. The molecule has 0 aliphatic rings. The second-order valence-electron chi connectivity index (χ2n) is 4.34. The lowest BCUT2D eigenvalue weighted by Gasteiger charge is -2.08. The highest BCUT2D eigenvalue weighted by atomic mass is 79.9. The van der Waals surface area contributed by atoms with Gasteiger partial charge in [0.25, 0.3) is 10.0 Å².